The van der Waals surface area contributed by atoms with Crippen LogP contribution in [-0.2, 0) is 13.0 Å². The fourth-order valence-corrected chi connectivity index (χ4v) is 4.38. The normalized spacial score (nSPS) is 11.1. The van der Waals surface area contributed by atoms with Crippen LogP contribution < -0.4 is 10.5 Å². The van der Waals surface area contributed by atoms with E-state index in [0.29, 0.717) is 13.0 Å². The Morgan fingerprint density at radius 3 is 2.17 bits per heavy atom. The van der Waals surface area contributed by atoms with Gasteiger partial charge in [0, 0.05) is 12.0 Å². The van der Waals surface area contributed by atoms with Crippen molar-refractivity contribution in [3.8, 4) is 17.0 Å². The van der Waals surface area contributed by atoms with Crippen molar-refractivity contribution >= 4 is 27.8 Å². The van der Waals surface area contributed by atoms with Gasteiger partial charge in [0.1, 0.15) is 17.9 Å². The Hall–Kier alpha value is -4.77. The number of benzene rings is 4. The van der Waals surface area contributed by atoms with E-state index in [9.17, 15) is 0 Å². The van der Waals surface area contributed by atoms with Crippen LogP contribution >= 0.6 is 0 Å². The molecule has 2 heterocycles. The first kappa shape index (κ1) is 21.7. The van der Waals surface area contributed by atoms with Crippen LogP contribution in [0.3, 0.4) is 0 Å². The highest BCUT2D eigenvalue weighted by Crippen LogP contribution is 2.28. The molecule has 0 spiro atoms. The summed E-state index contributed by atoms with van der Waals surface area (Å²) in [6, 6.07) is 36.9. The number of nitrogens with zero attached hydrogens (tertiary/aromatic N) is 3. The van der Waals surface area contributed by atoms with Gasteiger partial charge < -0.3 is 10.5 Å². The Morgan fingerprint density at radius 1 is 0.639 bits per heavy atom. The van der Waals surface area contributed by atoms with Gasteiger partial charge in [0.15, 0.2) is 0 Å². The quantitative estimate of drug-likeness (QED) is 0.298. The molecule has 0 fully saturated rings. The second-order valence-corrected chi connectivity index (χ2v) is 8.75. The molecular formula is C31H24N4O. The zero-order valence-electron chi connectivity index (χ0n) is 19.6. The lowest BCUT2D eigenvalue weighted by Gasteiger charge is -2.10. The van der Waals surface area contributed by atoms with Gasteiger partial charge in [-0.3, -0.25) is 0 Å². The minimum Gasteiger partial charge on any atom is -0.489 e. The van der Waals surface area contributed by atoms with Crippen molar-refractivity contribution in [1.82, 2.24) is 15.0 Å². The smallest absolute Gasteiger partial charge is 0.220 e. The van der Waals surface area contributed by atoms with Crippen molar-refractivity contribution in [2.24, 2.45) is 0 Å². The number of fused-ring (bicyclic) bond motifs is 2. The molecule has 174 valence electrons. The summed E-state index contributed by atoms with van der Waals surface area (Å²) in [5.41, 5.74) is 12.5. The molecule has 0 radical (unpaired) electrons. The number of pyridine rings is 1. The summed E-state index contributed by atoms with van der Waals surface area (Å²) in [6.07, 6.45) is 0.643. The maximum atomic E-state index is 6.00. The standard InChI is InChI=1S/C31H24N4O/c32-31-34-28-16-15-27(33-30(28)29(35-31)17-21-7-3-1-4-8-21)25-12-11-24-19-26(14-13-23(24)18-25)36-20-22-9-5-2-6-10-22/h1-16,18-19H,17,20H2,(H2,32,34,35). The van der Waals surface area contributed by atoms with Crippen molar-refractivity contribution in [2.75, 3.05) is 5.73 Å². The number of nitrogens with two attached hydrogens (primary N) is 1. The van der Waals surface area contributed by atoms with Gasteiger partial charge in [0.25, 0.3) is 0 Å². The topological polar surface area (TPSA) is 73.9 Å². The summed E-state index contributed by atoms with van der Waals surface area (Å²) >= 11 is 0. The van der Waals surface area contributed by atoms with Crippen LogP contribution in [0, 0.1) is 0 Å². The second kappa shape index (κ2) is 9.47. The first-order chi connectivity index (χ1) is 17.7. The molecule has 0 aliphatic carbocycles. The second-order valence-electron chi connectivity index (χ2n) is 8.75. The Morgan fingerprint density at radius 2 is 1.36 bits per heavy atom. The molecular weight excluding hydrogens is 444 g/mol. The summed E-state index contributed by atoms with van der Waals surface area (Å²) in [6.45, 7) is 0.545. The lowest BCUT2D eigenvalue weighted by Crippen LogP contribution is -2.03. The largest absolute Gasteiger partial charge is 0.489 e. The average Bonchev–Trinajstić information content (AvgIpc) is 2.92. The molecule has 0 aliphatic rings. The Bertz CT molecular complexity index is 1670. The average molecular weight is 469 g/mol. The van der Waals surface area contributed by atoms with E-state index in [1.165, 1.54) is 0 Å². The molecule has 2 aromatic heterocycles. The third-order valence-corrected chi connectivity index (χ3v) is 6.20. The van der Waals surface area contributed by atoms with E-state index in [4.69, 9.17) is 15.5 Å². The highest BCUT2D eigenvalue weighted by atomic mass is 16.5. The van der Waals surface area contributed by atoms with Gasteiger partial charge in [-0.2, -0.15) is 0 Å². The Kier molecular flexibility index (Phi) is 5.72. The van der Waals surface area contributed by atoms with Gasteiger partial charge in [-0.05, 0) is 52.2 Å². The van der Waals surface area contributed by atoms with E-state index in [0.717, 1.165) is 55.6 Å². The molecule has 0 unspecified atom stereocenters. The zero-order valence-corrected chi connectivity index (χ0v) is 19.6. The fourth-order valence-electron chi connectivity index (χ4n) is 4.38. The van der Waals surface area contributed by atoms with Crippen molar-refractivity contribution < 1.29 is 4.74 Å². The SMILES string of the molecule is Nc1nc(Cc2ccccc2)c2nc(-c3ccc4cc(OCc5ccccc5)ccc4c3)ccc2n1. The van der Waals surface area contributed by atoms with Crippen LogP contribution in [0.25, 0.3) is 33.1 Å². The van der Waals surface area contributed by atoms with Crippen LogP contribution in [-0.4, -0.2) is 15.0 Å². The van der Waals surface area contributed by atoms with E-state index in [2.05, 4.69) is 64.6 Å². The van der Waals surface area contributed by atoms with Crippen LogP contribution in [0.1, 0.15) is 16.8 Å². The van der Waals surface area contributed by atoms with Gasteiger partial charge in [0.05, 0.1) is 16.9 Å². The molecule has 5 nitrogen and oxygen atoms in total. The molecule has 0 saturated carbocycles. The number of hydrogen-bond donors (Lipinski definition) is 1. The third-order valence-electron chi connectivity index (χ3n) is 6.20. The molecule has 0 bridgehead atoms. The fraction of sp³-hybridized carbons (Fsp3) is 0.0645. The first-order valence-electron chi connectivity index (χ1n) is 11.9. The minimum absolute atomic E-state index is 0.263. The van der Waals surface area contributed by atoms with Crippen molar-refractivity contribution in [2.45, 2.75) is 13.0 Å². The number of ether oxygens (including phenoxy) is 1. The third kappa shape index (κ3) is 4.59. The summed E-state index contributed by atoms with van der Waals surface area (Å²) in [5, 5.41) is 2.24. The minimum atomic E-state index is 0.263. The number of hydrogen-bond acceptors (Lipinski definition) is 5. The summed E-state index contributed by atoms with van der Waals surface area (Å²) < 4.78 is 6.00. The van der Waals surface area contributed by atoms with Crippen molar-refractivity contribution in [3.05, 3.63) is 126 Å². The molecule has 6 aromatic rings. The molecule has 36 heavy (non-hydrogen) atoms. The molecule has 5 heteroatoms. The lowest BCUT2D eigenvalue weighted by molar-refractivity contribution is 0.306. The van der Waals surface area contributed by atoms with Gasteiger partial charge in [0.2, 0.25) is 5.95 Å². The Labute approximate surface area is 209 Å². The van der Waals surface area contributed by atoms with Crippen LogP contribution in [0.15, 0.2) is 109 Å². The highest BCUT2D eigenvalue weighted by Gasteiger charge is 2.11. The summed E-state index contributed by atoms with van der Waals surface area (Å²) in [5.74, 6) is 1.11. The zero-order chi connectivity index (χ0) is 24.3. The molecule has 0 saturated heterocycles. The monoisotopic (exact) mass is 468 g/mol. The van der Waals surface area contributed by atoms with Crippen LogP contribution in [0.4, 0.5) is 5.95 Å². The number of anilines is 1. The Balaban J connectivity index is 1.31. The van der Waals surface area contributed by atoms with Gasteiger partial charge >= 0.3 is 0 Å². The molecule has 2 N–H and O–H groups in total. The van der Waals surface area contributed by atoms with E-state index in [1.54, 1.807) is 0 Å². The highest BCUT2D eigenvalue weighted by molar-refractivity contribution is 5.89. The number of aromatic nitrogens is 3. The molecule has 6 rings (SSSR count). The molecule has 0 aliphatic heterocycles. The number of rotatable bonds is 6. The van der Waals surface area contributed by atoms with E-state index < -0.39 is 0 Å². The number of nitrogen functional groups attached to an aromatic ring is 1. The summed E-state index contributed by atoms with van der Waals surface area (Å²) in [7, 11) is 0. The van der Waals surface area contributed by atoms with E-state index in [1.807, 2.05) is 54.6 Å². The van der Waals surface area contributed by atoms with Gasteiger partial charge in [-0.25, -0.2) is 15.0 Å². The van der Waals surface area contributed by atoms with Crippen molar-refractivity contribution in [3.63, 3.8) is 0 Å². The predicted octanol–water partition coefficient (Wildman–Crippen LogP) is 6.60. The molecule has 0 atom stereocenters. The van der Waals surface area contributed by atoms with Crippen LogP contribution in [0.2, 0.25) is 0 Å². The summed E-state index contributed by atoms with van der Waals surface area (Å²) in [4.78, 5) is 13.9. The molecule has 0 amide bonds. The van der Waals surface area contributed by atoms with Crippen molar-refractivity contribution in [1.29, 1.82) is 0 Å². The maximum absolute atomic E-state index is 6.00. The first-order valence-corrected chi connectivity index (χ1v) is 11.9. The lowest BCUT2D eigenvalue weighted by atomic mass is 10.0. The van der Waals surface area contributed by atoms with E-state index >= 15 is 0 Å². The predicted molar refractivity (Wildman–Crippen MR) is 145 cm³/mol. The van der Waals surface area contributed by atoms with Gasteiger partial charge in [-0.1, -0.05) is 78.9 Å². The maximum Gasteiger partial charge on any atom is 0.220 e. The van der Waals surface area contributed by atoms with E-state index in [-0.39, 0.29) is 5.95 Å². The molecule has 4 aromatic carbocycles. The van der Waals surface area contributed by atoms with Crippen LogP contribution in [0.5, 0.6) is 5.75 Å². The van der Waals surface area contributed by atoms with Gasteiger partial charge in [-0.15, -0.1) is 0 Å².